The van der Waals surface area contributed by atoms with Crippen molar-refractivity contribution < 1.29 is 9.15 Å². The number of furan rings is 1. The molecule has 7 nitrogen and oxygen atoms in total. The molecule has 0 fully saturated rings. The van der Waals surface area contributed by atoms with E-state index in [4.69, 9.17) is 9.15 Å². The molecule has 5 aromatic rings. The van der Waals surface area contributed by atoms with Crippen LogP contribution in [0.5, 0.6) is 5.75 Å². The molecule has 0 aliphatic carbocycles. The topological polar surface area (TPSA) is 78.0 Å². The highest BCUT2D eigenvalue weighted by Gasteiger charge is 2.11. The average Bonchev–Trinajstić information content (AvgIpc) is 3.45. The van der Waals surface area contributed by atoms with Crippen LogP contribution in [0.1, 0.15) is 30.0 Å². The molecule has 166 valence electrons. The SMILES string of the molecule is Cc1nc(NC(C)c2cccc(OCc3ccn(C)n3)c2)cc(-c2ccc3occc3c2)n1. The van der Waals surface area contributed by atoms with Crippen LogP contribution in [0.3, 0.4) is 0 Å². The molecule has 0 saturated heterocycles. The summed E-state index contributed by atoms with van der Waals surface area (Å²) in [6.07, 6.45) is 3.61. The van der Waals surface area contributed by atoms with Crippen molar-refractivity contribution in [2.24, 2.45) is 7.05 Å². The Morgan fingerprint density at radius 1 is 1.06 bits per heavy atom. The maximum absolute atomic E-state index is 5.93. The van der Waals surface area contributed by atoms with Crippen LogP contribution in [0.15, 0.2) is 77.5 Å². The zero-order valence-electron chi connectivity index (χ0n) is 18.8. The highest BCUT2D eigenvalue weighted by Crippen LogP contribution is 2.27. The predicted octanol–water partition coefficient (Wildman–Crippen LogP) is 5.68. The third-order valence-corrected chi connectivity index (χ3v) is 5.46. The van der Waals surface area contributed by atoms with Gasteiger partial charge < -0.3 is 14.5 Å². The van der Waals surface area contributed by atoms with Crippen molar-refractivity contribution in [2.45, 2.75) is 26.5 Å². The molecule has 5 rings (SSSR count). The van der Waals surface area contributed by atoms with E-state index in [9.17, 15) is 0 Å². The summed E-state index contributed by atoms with van der Waals surface area (Å²) in [5.74, 6) is 2.29. The van der Waals surface area contributed by atoms with Crippen molar-refractivity contribution in [3.05, 3.63) is 90.2 Å². The van der Waals surface area contributed by atoms with Gasteiger partial charge in [-0.15, -0.1) is 0 Å². The lowest BCUT2D eigenvalue weighted by molar-refractivity contribution is 0.299. The van der Waals surface area contributed by atoms with Crippen LogP contribution in [0.25, 0.3) is 22.2 Å². The minimum absolute atomic E-state index is 0.0295. The molecule has 1 unspecified atom stereocenters. The van der Waals surface area contributed by atoms with Gasteiger partial charge in [0.25, 0.3) is 0 Å². The number of hydrogen-bond acceptors (Lipinski definition) is 6. The van der Waals surface area contributed by atoms with Crippen molar-refractivity contribution in [1.29, 1.82) is 0 Å². The molecule has 1 atom stereocenters. The summed E-state index contributed by atoms with van der Waals surface area (Å²) < 4.78 is 13.2. The van der Waals surface area contributed by atoms with Crippen molar-refractivity contribution >= 4 is 16.8 Å². The predicted molar refractivity (Wildman–Crippen MR) is 128 cm³/mol. The minimum atomic E-state index is 0.0295. The molecule has 0 radical (unpaired) electrons. The van der Waals surface area contributed by atoms with Crippen molar-refractivity contribution in [2.75, 3.05) is 5.32 Å². The second-order valence-electron chi connectivity index (χ2n) is 8.07. The third kappa shape index (κ3) is 4.72. The van der Waals surface area contributed by atoms with Gasteiger partial charge in [0.15, 0.2) is 0 Å². The maximum Gasteiger partial charge on any atom is 0.133 e. The Kier molecular flexibility index (Phi) is 5.52. The van der Waals surface area contributed by atoms with E-state index < -0.39 is 0 Å². The largest absolute Gasteiger partial charge is 0.487 e. The van der Waals surface area contributed by atoms with Gasteiger partial charge in [0, 0.05) is 30.3 Å². The first kappa shape index (κ1) is 20.8. The fourth-order valence-corrected chi connectivity index (χ4v) is 3.79. The number of fused-ring (bicyclic) bond motifs is 1. The molecule has 1 N–H and O–H groups in total. The number of hydrogen-bond donors (Lipinski definition) is 1. The number of ether oxygens (including phenoxy) is 1. The first-order chi connectivity index (χ1) is 16.0. The van der Waals surface area contributed by atoms with Gasteiger partial charge in [-0.1, -0.05) is 12.1 Å². The van der Waals surface area contributed by atoms with Crippen LogP contribution < -0.4 is 10.1 Å². The zero-order valence-corrected chi connectivity index (χ0v) is 18.8. The summed E-state index contributed by atoms with van der Waals surface area (Å²) in [5.41, 5.74) is 4.75. The first-order valence-corrected chi connectivity index (χ1v) is 10.8. The first-order valence-electron chi connectivity index (χ1n) is 10.8. The Morgan fingerprint density at radius 3 is 2.82 bits per heavy atom. The molecule has 0 aliphatic rings. The number of benzene rings is 2. The average molecular weight is 440 g/mol. The standard InChI is InChI=1S/C26H25N5O2/c1-17(19-5-4-6-23(14-19)33-16-22-9-11-31(3)30-22)27-26-15-24(28-18(2)29-26)20-7-8-25-21(13-20)10-12-32-25/h4-15,17H,16H2,1-3H3,(H,27,28,29). The van der Waals surface area contributed by atoms with Gasteiger partial charge in [0.05, 0.1) is 23.7 Å². The van der Waals surface area contributed by atoms with E-state index in [2.05, 4.69) is 39.4 Å². The van der Waals surface area contributed by atoms with Crippen LogP contribution in [0.4, 0.5) is 5.82 Å². The van der Waals surface area contributed by atoms with E-state index in [0.29, 0.717) is 12.4 Å². The normalized spacial score (nSPS) is 12.1. The van der Waals surface area contributed by atoms with Crippen LogP contribution in [0, 0.1) is 6.92 Å². The lowest BCUT2D eigenvalue weighted by Gasteiger charge is -2.17. The lowest BCUT2D eigenvalue weighted by Crippen LogP contribution is -2.09. The molecule has 0 amide bonds. The Labute approximate surface area is 192 Å². The summed E-state index contributed by atoms with van der Waals surface area (Å²) in [6.45, 7) is 4.44. The van der Waals surface area contributed by atoms with Crippen LogP contribution in [-0.4, -0.2) is 19.7 Å². The summed E-state index contributed by atoms with van der Waals surface area (Å²) in [5, 5.41) is 8.91. The van der Waals surface area contributed by atoms with E-state index in [-0.39, 0.29) is 6.04 Å². The Bertz CT molecular complexity index is 1400. The lowest BCUT2D eigenvalue weighted by atomic mass is 10.1. The van der Waals surface area contributed by atoms with E-state index in [1.54, 1.807) is 10.9 Å². The van der Waals surface area contributed by atoms with Crippen molar-refractivity contribution in [3.8, 4) is 17.0 Å². The third-order valence-electron chi connectivity index (χ3n) is 5.46. The van der Waals surface area contributed by atoms with E-state index in [1.807, 2.05) is 68.7 Å². The molecule has 3 heterocycles. The Hall–Kier alpha value is -4.13. The monoisotopic (exact) mass is 439 g/mol. The quantitative estimate of drug-likeness (QED) is 0.351. The maximum atomic E-state index is 5.93. The molecular formula is C26H25N5O2. The molecule has 0 saturated carbocycles. The number of nitrogens with zero attached hydrogens (tertiary/aromatic N) is 4. The molecule has 0 spiro atoms. The van der Waals surface area contributed by atoms with Gasteiger partial charge in [-0.25, -0.2) is 9.97 Å². The van der Waals surface area contributed by atoms with Gasteiger partial charge in [-0.2, -0.15) is 5.10 Å². The smallest absolute Gasteiger partial charge is 0.133 e. The van der Waals surface area contributed by atoms with Gasteiger partial charge in [0.1, 0.15) is 29.6 Å². The fourth-order valence-electron chi connectivity index (χ4n) is 3.79. The summed E-state index contributed by atoms with van der Waals surface area (Å²) in [7, 11) is 1.90. The molecule has 0 aliphatic heterocycles. The summed E-state index contributed by atoms with van der Waals surface area (Å²) >= 11 is 0. The number of aryl methyl sites for hydroxylation is 2. The second-order valence-corrected chi connectivity index (χ2v) is 8.07. The van der Waals surface area contributed by atoms with E-state index >= 15 is 0 Å². The summed E-state index contributed by atoms with van der Waals surface area (Å²) in [6, 6.07) is 20.1. The zero-order chi connectivity index (χ0) is 22.8. The molecule has 33 heavy (non-hydrogen) atoms. The van der Waals surface area contributed by atoms with Gasteiger partial charge in [-0.05, 0) is 61.9 Å². The minimum Gasteiger partial charge on any atom is -0.487 e. The number of aromatic nitrogens is 4. The molecular weight excluding hydrogens is 414 g/mol. The van der Waals surface area contributed by atoms with Gasteiger partial charge in [-0.3, -0.25) is 4.68 Å². The molecule has 3 aromatic heterocycles. The highest BCUT2D eigenvalue weighted by molar-refractivity contribution is 5.83. The number of anilines is 1. The summed E-state index contributed by atoms with van der Waals surface area (Å²) in [4.78, 5) is 9.23. The van der Waals surface area contributed by atoms with E-state index in [0.717, 1.165) is 45.1 Å². The van der Waals surface area contributed by atoms with E-state index in [1.165, 1.54) is 0 Å². The van der Waals surface area contributed by atoms with Crippen molar-refractivity contribution in [3.63, 3.8) is 0 Å². The van der Waals surface area contributed by atoms with Crippen LogP contribution in [0.2, 0.25) is 0 Å². The molecule has 7 heteroatoms. The van der Waals surface area contributed by atoms with Gasteiger partial charge >= 0.3 is 0 Å². The van der Waals surface area contributed by atoms with Gasteiger partial charge in [0.2, 0.25) is 0 Å². The number of rotatable bonds is 7. The number of nitrogens with one attached hydrogen (secondary N) is 1. The van der Waals surface area contributed by atoms with Crippen LogP contribution >= 0.6 is 0 Å². The molecule has 0 bridgehead atoms. The highest BCUT2D eigenvalue weighted by atomic mass is 16.5. The van der Waals surface area contributed by atoms with Crippen molar-refractivity contribution in [1.82, 2.24) is 19.7 Å². The fraction of sp³-hybridized carbons (Fsp3) is 0.192. The van der Waals surface area contributed by atoms with Crippen LogP contribution in [-0.2, 0) is 13.7 Å². The Morgan fingerprint density at radius 2 is 1.97 bits per heavy atom. The molecule has 2 aromatic carbocycles. The Balaban J connectivity index is 1.32. The second kappa shape index (κ2) is 8.78.